The molecule has 0 bridgehead atoms. The van der Waals surface area contributed by atoms with Gasteiger partial charge in [0.05, 0.1) is 17.8 Å². The molecule has 4 nitrogen and oxygen atoms in total. The normalized spacial score (nSPS) is 10.3. The van der Waals surface area contributed by atoms with Crippen molar-refractivity contribution in [3.8, 4) is 11.3 Å². The zero-order valence-corrected chi connectivity index (χ0v) is 10.6. The Hall–Kier alpha value is -1.88. The summed E-state index contributed by atoms with van der Waals surface area (Å²) in [5, 5.41) is 8.85. The average molecular weight is 260 g/mol. The minimum absolute atomic E-state index is 0.118. The summed E-state index contributed by atoms with van der Waals surface area (Å²) < 4.78 is 0. The van der Waals surface area contributed by atoms with Crippen LogP contribution < -0.4 is 0 Å². The van der Waals surface area contributed by atoms with Gasteiger partial charge in [-0.3, -0.25) is 14.8 Å². The van der Waals surface area contributed by atoms with Crippen LogP contribution >= 0.6 is 11.8 Å². The fourth-order valence-electron chi connectivity index (χ4n) is 1.63. The molecule has 2 rings (SSSR count). The van der Waals surface area contributed by atoms with Gasteiger partial charge in [0, 0.05) is 22.9 Å². The fraction of sp³-hybridized carbons (Fsp3) is 0.154. The van der Waals surface area contributed by atoms with E-state index in [4.69, 9.17) is 5.11 Å². The van der Waals surface area contributed by atoms with Gasteiger partial charge in [0.2, 0.25) is 0 Å². The van der Waals surface area contributed by atoms with Gasteiger partial charge in [0.25, 0.3) is 0 Å². The van der Waals surface area contributed by atoms with E-state index < -0.39 is 5.97 Å². The number of carbonyl (C=O) groups is 1. The van der Waals surface area contributed by atoms with Gasteiger partial charge in [-0.15, -0.1) is 11.8 Å². The second kappa shape index (κ2) is 5.64. The van der Waals surface area contributed by atoms with Gasteiger partial charge in [-0.25, -0.2) is 0 Å². The molecule has 18 heavy (non-hydrogen) atoms. The van der Waals surface area contributed by atoms with Crippen LogP contribution in [-0.4, -0.2) is 27.3 Å². The summed E-state index contributed by atoms with van der Waals surface area (Å²) in [5.74, 6) is -0.905. The van der Waals surface area contributed by atoms with E-state index in [9.17, 15) is 4.79 Å². The Morgan fingerprint density at radius 2 is 1.89 bits per heavy atom. The largest absolute Gasteiger partial charge is 0.481 e. The van der Waals surface area contributed by atoms with Gasteiger partial charge in [0.1, 0.15) is 0 Å². The second-order valence-corrected chi connectivity index (χ2v) is 4.53. The fourth-order valence-corrected chi connectivity index (χ4v) is 2.04. The van der Waals surface area contributed by atoms with Crippen LogP contribution in [0.1, 0.15) is 5.69 Å². The standard InChI is InChI=1S/C13H12N2O2S/c1-18-10-4-2-9(3-5-10)13-11(8-12(16)17)14-6-7-15-13/h2-7H,8H2,1H3,(H,16,17). The highest BCUT2D eigenvalue weighted by Gasteiger charge is 2.10. The highest BCUT2D eigenvalue weighted by Crippen LogP contribution is 2.23. The maximum absolute atomic E-state index is 10.8. The first-order valence-corrected chi connectivity index (χ1v) is 6.59. The zero-order valence-electron chi connectivity index (χ0n) is 9.83. The zero-order chi connectivity index (χ0) is 13.0. The predicted molar refractivity (Wildman–Crippen MR) is 70.6 cm³/mol. The predicted octanol–water partition coefficient (Wildman–Crippen LogP) is 2.49. The van der Waals surface area contributed by atoms with E-state index in [1.807, 2.05) is 30.5 Å². The molecule has 1 aromatic heterocycles. The lowest BCUT2D eigenvalue weighted by Crippen LogP contribution is -2.05. The molecule has 0 aliphatic rings. The minimum atomic E-state index is -0.905. The third-order valence-electron chi connectivity index (χ3n) is 2.46. The Kier molecular flexibility index (Phi) is 3.94. The molecule has 1 heterocycles. The van der Waals surface area contributed by atoms with Crippen molar-refractivity contribution in [1.29, 1.82) is 0 Å². The molecule has 1 N–H and O–H groups in total. The van der Waals surface area contributed by atoms with Crippen molar-refractivity contribution in [3.05, 3.63) is 42.4 Å². The summed E-state index contributed by atoms with van der Waals surface area (Å²) >= 11 is 1.66. The monoisotopic (exact) mass is 260 g/mol. The molecule has 0 spiro atoms. The topological polar surface area (TPSA) is 63.1 Å². The lowest BCUT2D eigenvalue weighted by Gasteiger charge is -2.06. The first-order chi connectivity index (χ1) is 8.70. The van der Waals surface area contributed by atoms with E-state index in [1.54, 1.807) is 18.0 Å². The molecule has 0 aliphatic heterocycles. The van der Waals surface area contributed by atoms with Crippen LogP contribution in [0, 0.1) is 0 Å². The van der Waals surface area contributed by atoms with Gasteiger partial charge in [-0.2, -0.15) is 0 Å². The number of benzene rings is 1. The molecule has 1 aromatic carbocycles. The Morgan fingerprint density at radius 1 is 1.22 bits per heavy atom. The number of carboxylic acids is 1. The Labute approximate surface area is 109 Å². The number of carboxylic acid groups (broad SMARTS) is 1. The Morgan fingerprint density at radius 3 is 2.50 bits per heavy atom. The summed E-state index contributed by atoms with van der Waals surface area (Å²) in [4.78, 5) is 20.3. The van der Waals surface area contributed by atoms with Crippen molar-refractivity contribution in [1.82, 2.24) is 9.97 Å². The molecule has 2 aromatic rings. The first-order valence-electron chi connectivity index (χ1n) is 5.37. The van der Waals surface area contributed by atoms with E-state index in [0.717, 1.165) is 10.5 Å². The summed E-state index contributed by atoms with van der Waals surface area (Å²) in [6.07, 6.45) is 4.97. The third kappa shape index (κ3) is 2.87. The molecule has 0 unspecified atom stereocenters. The molecular weight excluding hydrogens is 248 g/mol. The van der Waals surface area contributed by atoms with Crippen LogP contribution in [0.15, 0.2) is 41.6 Å². The van der Waals surface area contributed by atoms with Crippen LogP contribution in [0.3, 0.4) is 0 Å². The number of thioether (sulfide) groups is 1. The van der Waals surface area contributed by atoms with E-state index in [1.165, 1.54) is 6.20 Å². The SMILES string of the molecule is CSc1ccc(-c2nccnc2CC(=O)O)cc1. The van der Waals surface area contributed by atoms with Gasteiger partial charge >= 0.3 is 5.97 Å². The highest BCUT2D eigenvalue weighted by atomic mass is 32.2. The highest BCUT2D eigenvalue weighted by molar-refractivity contribution is 7.98. The number of hydrogen-bond acceptors (Lipinski definition) is 4. The third-order valence-corrected chi connectivity index (χ3v) is 3.20. The van der Waals surface area contributed by atoms with E-state index in [0.29, 0.717) is 11.4 Å². The molecule has 5 heteroatoms. The van der Waals surface area contributed by atoms with Gasteiger partial charge in [-0.05, 0) is 18.4 Å². The number of aromatic nitrogens is 2. The van der Waals surface area contributed by atoms with Crippen molar-refractivity contribution in [3.63, 3.8) is 0 Å². The van der Waals surface area contributed by atoms with Gasteiger partial charge < -0.3 is 5.11 Å². The molecule has 0 aliphatic carbocycles. The van der Waals surface area contributed by atoms with Crippen molar-refractivity contribution in [2.45, 2.75) is 11.3 Å². The number of nitrogens with zero attached hydrogens (tertiary/aromatic N) is 2. The average Bonchev–Trinajstić information content (AvgIpc) is 2.39. The first kappa shape index (κ1) is 12.6. The molecule has 0 fully saturated rings. The van der Waals surface area contributed by atoms with E-state index >= 15 is 0 Å². The van der Waals surface area contributed by atoms with Crippen molar-refractivity contribution in [2.24, 2.45) is 0 Å². The van der Waals surface area contributed by atoms with E-state index in [-0.39, 0.29) is 6.42 Å². The molecule has 0 radical (unpaired) electrons. The lowest BCUT2D eigenvalue weighted by atomic mass is 10.1. The Bertz CT molecular complexity index is 555. The number of aliphatic carboxylic acids is 1. The molecule has 0 saturated carbocycles. The van der Waals surface area contributed by atoms with Crippen LogP contribution in [0.25, 0.3) is 11.3 Å². The molecule has 0 atom stereocenters. The maximum atomic E-state index is 10.8. The number of hydrogen-bond donors (Lipinski definition) is 1. The minimum Gasteiger partial charge on any atom is -0.481 e. The van der Waals surface area contributed by atoms with Gasteiger partial charge in [0.15, 0.2) is 0 Å². The molecule has 0 saturated heterocycles. The van der Waals surface area contributed by atoms with E-state index in [2.05, 4.69) is 9.97 Å². The summed E-state index contributed by atoms with van der Waals surface area (Å²) in [7, 11) is 0. The van der Waals surface area contributed by atoms with Crippen LogP contribution in [0.2, 0.25) is 0 Å². The number of rotatable bonds is 4. The van der Waals surface area contributed by atoms with Crippen LogP contribution in [0.4, 0.5) is 0 Å². The van der Waals surface area contributed by atoms with Crippen molar-refractivity contribution in [2.75, 3.05) is 6.26 Å². The molecule has 92 valence electrons. The van der Waals surface area contributed by atoms with Crippen LogP contribution in [-0.2, 0) is 11.2 Å². The molecule has 0 amide bonds. The second-order valence-electron chi connectivity index (χ2n) is 3.65. The van der Waals surface area contributed by atoms with Crippen molar-refractivity contribution >= 4 is 17.7 Å². The summed E-state index contributed by atoms with van der Waals surface area (Å²) in [6, 6.07) is 7.83. The van der Waals surface area contributed by atoms with Gasteiger partial charge in [-0.1, -0.05) is 12.1 Å². The molecular formula is C13H12N2O2S. The smallest absolute Gasteiger partial charge is 0.309 e. The summed E-state index contributed by atoms with van der Waals surface area (Å²) in [5.41, 5.74) is 2.01. The maximum Gasteiger partial charge on any atom is 0.309 e. The quantitative estimate of drug-likeness (QED) is 0.856. The summed E-state index contributed by atoms with van der Waals surface area (Å²) in [6.45, 7) is 0. The van der Waals surface area contributed by atoms with Crippen LogP contribution in [0.5, 0.6) is 0 Å². The van der Waals surface area contributed by atoms with Crippen molar-refractivity contribution < 1.29 is 9.90 Å². The lowest BCUT2D eigenvalue weighted by molar-refractivity contribution is -0.136. The Balaban J connectivity index is 2.39.